The fourth-order valence-electron chi connectivity index (χ4n) is 2.51. The van der Waals surface area contributed by atoms with E-state index in [9.17, 15) is 0 Å². The van der Waals surface area contributed by atoms with Crippen LogP contribution in [-0.4, -0.2) is 89.1 Å². The zero-order valence-corrected chi connectivity index (χ0v) is 13.4. The molecule has 0 aromatic heterocycles. The van der Waals surface area contributed by atoms with Gasteiger partial charge in [-0.1, -0.05) is 6.92 Å². The Morgan fingerprint density at radius 2 is 1.65 bits per heavy atom. The first-order chi connectivity index (χ1) is 9.86. The molecule has 2 fully saturated rings. The van der Waals surface area contributed by atoms with Crippen LogP contribution in [0, 0.1) is 0 Å². The molecule has 5 nitrogen and oxygen atoms in total. The van der Waals surface area contributed by atoms with Crippen LogP contribution in [0.4, 0.5) is 0 Å². The van der Waals surface area contributed by atoms with Crippen molar-refractivity contribution in [3.63, 3.8) is 0 Å². The van der Waals surface area contributed by atoms with Gasteiger partial charge in [0, 0.05) is 59.5 Å². The molecule has 2 rings (SSSR count). The van der Waals surface area contributed by atoms with Crippen molar-refractivity contribution in [1.29, 1.82) is 0 Å². The molecule has 0 unspecified atom stereocenters. The van der Waals surface area contributed by atoms with E-state index in [0.717, 1.165) is 52.4 Å². The Morgan fingerprint density at radius 1 is 1.00 bits per heavy atom. The number of nitrogens with one attached hydrogen (secondary N) is 1. The smallest absolute Gasteiger partial charge is 0.0594 e. The van der Waals surface area contributed by atoms with E-state index in [1.165, 1.54) is 32.6 Å². The maximum Gasteiger partial charge on any atom is 0.0594 e. The topological polar surface area (TPSA) is 37.0 Å². The fraction of sp³-hybridized carbons (Fsp3) is 1.00. The molecule has 0 aromatic rings. The van der Waals surface area contributed by atoms with Crippen LogP contribution in [0.15, 0.2) is 0 Å². The molecule has 1 N–H and O–H groups in total. The number of methoxy groups -OCH3 is 1. The van der Waals surface area contributed by atoms with Crippen LogP contribution in [-0.2, 0) is 9.47 Å². The van der Waals surface area contributed by atoms with E-state index in [1.54, 1.807) is 7.11 Å². The second kappa shape index (κ2) is 12.5. The zero-order chi connectivity index (χ0) is 14.5. The third kappa shape index (κ3) is 8.87. The van der Waals surface area contributed by atoms with Gasteiger partial charge in [0.1, 0.15) is 0 Å². The number of piperazine rings is 1. The van der Waals surface area contributed by atoms with Gasteiger partial charge in [-0.3, -0.25) is 4.90 Å². The van der Waals surface area contributed by atoms with Crippen LogP contribution >= 0.6 is 0 Å². The van der Waals surface area contributed by atoms with Gasteiger partial charge in [0.15, 0.2) is 0 Å². The molecule has 0 amide bonds. The minimum Gasteiger partial charge on any atom is -0.385 e. The summed E-state index contributed by atoms with van der Waals surface area (Å²) >= 11 is 0. The van der Waals surface area contributed by atoms with Crippen LogP contribution < -0.4 is 5.32 Å². The molecule has 20 heavy (non-hydrogen) atoms. The van der Waals surface area contributed by atoms with E-state index in [4.69, 9.17) is 9.47 Å². The lowest BCUT2D eigenvalue weighted by Gasteiger charge is -2.26. The molecule has 0 saturated carbocycles. The Bertz CT molecular complexity index is 203. The Kier molecular flexibility index (Phi) is 11.2. The summed E-state index contributed by atoms with van der Waals surface area (Å²) in [5, 5.41) is 3.33. The summed E-state index contributed by atoms with van der Waals surface area (Å²) in [4.78, 5) is 4.93. The lowest BCUT2D eigenvalue weighted by molar-refractivity contribution is 0.0380. The maximum atomic E-state index is 5.20. The molecule has 120 valence electrons. The van der Waals surface area contributed by atoms with Crippen molar-refractivity contribution < 1.29 is 9.47 Å². The van der Waals surface area contributed by atoms with E-state index in [0.29, 0.717) is 0 Å². The zero-order valence-electron chi connectivity index (χ0n) is 13.4. The van der Waals surface area contributed by atoms with Gasteiger partial charge in [0.05, 0.1) is 13.2 Å². The summed E-state index contributed by atoms with van der Waals surface area (Å²) in [5.74, 6) is 0. The number of nitrogens with zero attached hydrogens (tertiary/aromatic N) is 2. The fourth-order valence-corrected chi connectivity index (χ4v) is 2.51. The predicted octanol–water partition coefficient (Wildman–Crippen LogP) is 0.657. The van der Waals surface area contributed by atoms with E-state index < -0.39 is 0 Å². The predicted molar refractivity (Wildman–Crippen MR) is 83.4 cm³/mol. The molecule has 0 aromatic carbocycles. The van der Waals surface area contributed by atoms with Gasteiger partial charge in [-0.15, -0.1) is 0 Å². The van der Waals surface area contributed by atoms with Gasteiger partial charge in [0.25, 0.3) is 0 Å². The SMILES string of the molecule is CCCN1CCOCC1.COCCCN1CCNCC1. The molecular formula is C15H33N3O2. The number of rotatable bonds is 6. The van der Waals surface area contributed by atoms with Crippen LogP contribution in [0.1, 0.15) is 19.8 Å². The van der Waals surface area contributed by atoms with Crippen molar-refractivity contribution in [3.8, 4) is 0 Å². The minimum atomic E-state index is 0.893. The van der Waals surface area contributed by atoms with Gasteiger partial charge in [-0.05, 0) is 19.4 Å². The van der Waals surface area contributed by atoms with Crippen molar-refractivity contribution in [2.45, 2.75) is 19.8 Å². The normalized spacial score (nSPS) is 21.3. The van der Waals surface area contributed by atoms with Gasteiger partial charge in [0.2, 0.25) is 0 Å². The van der Waals surface area contributed by atoms with E-state index >= 15 is 0 Å². The highest BCUT2D eigenvalue weighted by atomic mass is 16.5. The van der Waals surface area contributed by atoms with E-state index in [-0.39, 0.29) is 0 Å². The molecule has 0 spiro atoms. The van der Waals surface area contributed by atoms with Crippen LogP contribution in [0.2, 0.25) is 0 Å². The van der Waals surface area contributed by atoms with Crippen molar-refractivity contribution in [3.05, 3.63) is 0 Å². The molecule has 0 atom stereocenters. The third-order valence-electron chi connectivity index (χ3n) is 3.68. The highest BCUT2D eigenvalue weighted by molar-refractivity contribution is 4.66. The monoisotopic (exact) mass is 287 g/mol. The van der Waals surface area contributed by atoms with Gasteiger partial charge < -0.3 is 19.7 Å². The van der Waals surface area contributed by atoms with Crippen molar-refractivity contribution in [2.24, 2.45) is 0 Å². The summed E-state index contributed by atoms with van der Waals surface area (Å²) in [7, 11) is 1.76. The Balaban J connectivity index is 0.000000204. The molecule has 2 aliphatic heterocycles. The molecule has 2 saturated heterocycles. The van der Waals surface area contributed by atoms with Gasteiger partial charge >= 0.3 is 0 Å². The number of hydrogen-bond acceptors (Lipinski definition) is 5. The summed E-state index contributed by atoms with van der Waals surface area (Å²) < 4.78 is 10.2. The molecule has 5 heteroatoms. The maximum absolute atomic E-state index is 5.20. The second-order valence-corrected chi connectivity index (χ2v) is 5.39. The van der Waals surface area contributed by atoms with Crippen LogP contribution in [0.5, 0.6) is 0 Å². The number of morpholine rings is 1. The molecule has 0 bridgehead atoms. The molecule has 2 aliphatic rings. The summed E-state index contributed by atoms with van der Waals surface area (Å²) in [6.45, 7) is 14.4. The quantitative estimate of drug-likeness (QED) is 0.726. The lowest BCUT2D eigenvalue weighted by atomic mass is 10.3. The van der Waals surface area contributed by atoms with Gasteiger partial charge in [-0.2, -0.15) is 0 Å². The number of ether oxygens (including phenoxy) is 2. The van der Waals surface area contributed by atoms with Crippen LogP contribution in [0.25, 0.3) is 0 Å². The Morgan fingerprint density at radius 3 is 2.25 bits per heavy atom. The summed E-state index contributed by atoms with van der Waals surface area (Å²) in [6.07, 6.45) is 2.43. The molecule has 0 aliphatic carbocycles. The first kappa shape index (κ1) is 17.9. The molecule has 2 heterocycles. The highest BCUT2D eigenvalue weighted by Crippen LogP contribution is 1.96. The van der Waals surface area contributed by atoms with Crippen molar-refractivity contribution in [1.82, 2.24) is 15.1 Å². The standard InChI is InChI=1S/C8H18N2O.C7H15NO/c1-11-8-2-5-10-6-3-9-4-7-10;1-2-3-8-4-6-9-7-5-8/h9H,2-8H2,1H3;2-7H2,1H3. The van der Waals surface area contributed by atoms with Crippen molar-refractivity contribution in [2.75, 3.05) is 79.3 Å². The highest BCUT2D eigenvalue weighted by Gasteiger charge is 2.08. The average molecular weight is 287 g/mol. The van der Waals surface area contributed by atoms with Crippen LogP contribution in [0.3, 0.4) is 0 Å². The third-order valence-corrected chi connectivity index (χ3v) is 3.68. The number of hydrogen-bond donors (Lipinski definition) is 1. The minimum absolute atomic E-state index is 0.893. The second-order valence-electron chi connectivity index (χ2n) is 5.39. The lowest BCUT2D eigenvalue weighted by Crippen LogP contribution is -2.43. The van der Waals surface area contributed by atoms with Gasteiger partial charge in [-0.25, -0.2) is 0 Å². The molecular weight excluding hydrogens is 254 g/mol. The molecule has 0 radical (unpaired) electrons. The first-order valence-corrected chi connectivity index (χ1v) is 8.09. The first-order valence-electron chi connectivity index (χ1n) is 8.09. The Hall–Kier alpha value is -0.200. The van der Waals surface area contributed by atoms with E-state index in [2.05, 4.69) is 22.0 Å². The summed E-state index contributed by atoms with van der Waals surface area (Å²) in [6, 6.07) is 0. The van der Waals surface area contributed by atoms with Crippen molar-refractivity contribution >= 4 is 0 Å². The van der Waals surface area contributed by atoms with E-state index in [1.807, 2.05) is 0 Å². The Labute approximate surface area is 124 Å². The summed E-state index contributed by atoms with van der Waals surface area (Å²) in [5.41, 5.74) is 0. The average Bonchev–Trinajstić information content (AvgIpc) is 2.51. The largest absolute Gasteiger partial charge is 0.385 e.